The molecule has 5 nitrogen and oxygen atoms in total. The van der Waals surface area contributed by atoms with E-state index >= 15 is 0 Å². The Hall–Kier alpha value is -1.24. The molecule has 1 saturated heterocycles. The minimum atomic E-state index is -0.592. The molecule has 1 aromatic rings. The fourth-order valence-electron chi connectivity index (χ4n) is 6.06. The van der Waals surface area contributed by atoms with E-state index in [1.165, 1.54) is 6.42 Å². The van der Waals surface area contributed by atoms with E-state index in [-0.39, 0.29) is 17.0 Å². The summed E-state index contributed by atoms with van der Waals surface area (Å²) in [5, 5.41) is -0.365. The number of ether oxygens (including phenoxy) is 2. The maximum absolute atomic E-state index is 12.9. The van der Waals surface area contributed by atoms with Crippen molar-refractivity contribution in [1.82, 2.24) is 0 Å². The van der Waals surface area contributed by atoms with Crippen molar-refractivity contribution in [2.45, 2.75) is 90.3 Å². The Morgan fingerprint density at radius 2 is 1.97 bits per heavy atom. The fourth-order valence-corrected chi connectivity index (χ4v) is 6.34. The van der Waals surface area contributed by atoms with Gasteiger partial charge in [-0.05, 0) is 88.3 Å². The van der Waals surface area contributed by atoms with Gasteiger partial charge in [0.05, 0.1) is 24.1 Å². The van der Waals surface area contributed by atoms with E-state index in [0.717, 1.165) is 17.5 Å². The van der Waals surface area contributed by atoms with Crippen molar-refractivity contribution in [1.29, 1.82) is 0 Å². The molecule has 0 amide bonds. The Morgan fingerprint density at radius 1 is 1.28 bits per heavy atom. The van der Waals surface area contributed by atoms with Crippen LogP contribution in [0.2, 0.25) is 0 Å². The Kier molecular flexibility index (Phi) is 5.92. The Bertz CT molecular complexity index is 910. The summed E-state index contributed by atoms with van der Waals surface area (Å²) in [5.74, 6) is 1.30. The van der Waals surface area contributed by atoms with Crippen molar-refractivity contribution in [3.8, 4) is 5.75 Å². The van der Waals surface area contributed by atoms with Gasteiger partial charge in [0.25, 0.3) is 0 Å². The molecule has 1 aromatic carbocycles. The third kappa shape index (κ3) is 3.86. The van der Waals surface area contributed by atoms with Crippen LogP contribution in [-0.4, -0.2) is 42.8 Å². The highest BCUT2D eigenvalue weighted by molar-refractivity contribution is 6.60. The number of alkyl halides is 1. The number of carbonyl (C=O) groups is 1. The zero-order chi connectivity index (χ0) is 23.6. The van der Waals surface area contributed by atoms with E-state index in [1.54, 1.807) is 13.2 Å². The van der Waals surface area contributed by atoms with Gasteiger partial charge < -0.3 is 18.8 Å². The summed E-state index contributed by atoms with van der Waals surface area (Å²) in [5.41, 5.74) is 1.64. The first kappa shape index (κ1) is 23.9. The van der Waals surface area contributed by atoms with Gasteiger partial charge in [0.15, 0.2) is 0 Å². The monoisotopic (exact) mass is 462 g/mol. The average molecular weight is 463 g/mol. The molecule has 5 atom stereocenters. The van der Waals surface area contributed by atoms with Crippen LogP contribution in [-0.2, 0) is 20.5 Å². The summed E-state index contributed by atoms with van der Waals surface area (Å²) < 4.78 is 24.0. The molecule has 32 heavy (non-hydrogen) atoms. The maximum Gasteiger partial charge on any atom is 0.477 e. The quantitative estimate of drug-likeness (QED) is 0.334. The van der Waals surface area contributed by atoms with Gasteiger partial charge in [0.1, 0.15) is 16.9 Å². The standard InChI is InChI=1S/C25H36BClO5/c1-14-15(9-10-17(29-8)21(14)22(28)30-23(2,3)4)11-20(27)26-31-19-13-16-12-18(24(16,5)6)25(19,7)32-26/h9-10,16,18-20H,11-13H2,1-8H3/t16?,18?,19?,20-,25+/m1/s1. The summed E-state index contributed by atoms with van der Waals surface area (Å²) in [6.45, 7) is 14.4. The van der Waals surface area contributed by atoms with Crippen LogP contribution < -0.4 is 4.74 Å². The Morgan fingerprint density at radius 3 is 2.56 bits per heavy atom. The number of rotatable bonds is 5. The Labute approximate surface area is 197 Å². The first-order valence-corrected chi connectivity index (χ1v) is 12.1. The number of esters is 1. The van der Waals surface area contributed by atoms with E-state index in [0.29, 0.717) is 35.0 Å². The maximum atomic E-state index is 12.9. The molecule has 0 spiro atoms. The average Bonchev–Trinajstić information content (AvgIpc) is 3.04. The predicted octanol–water partition coefficient (Wildman–Crippen LogP) is 5.38. The second-order valence-electron chi connectivity index (χ2n) is 11.5. The van der Waals surface area contributed by atoms with Gasteiger partial charge >= 0.3 is 13.1 Å². The van der Waals surface area contributed by atoms with Crippen LogP contribution in [0.5, 0.6) is 5.75 Å². The molecular weight excluding hydrogens is 427 g/mol. The summed E-state index contributed by atoms with van der Waals surface area (Å²) in [6, 6.07) is 3.77. The van der Waals surface area contributed by atoms with Gasteiger partial charge in [0.2, 0.25) is 0 Å². The van der Waals surface area contributed by atoms with Crippen LogP contribution in [0.4, 0.5) is 0 Å². The van der Waals surface area contributed by atoms with Gasteiger partial charge in [-0.3, -0.25) is 0 Å². The van der Waals surface area contributed by atoms with E-state index in [9.17, 15) is 4.79 Å². The molecule has 0 radical (unpaired) electrons. The van der Waals surface area contributed by atoms with Crippen molar-refractivity contribution in [3.63, 3.8) is 0 Å². The highest BCUT2D eigenvalue weighted by Crippen LogP contribution is 2.65. The molecule has 1 heterocycles. The second-order valence-corrected chi connectivity index (χ2v) is 12.0. The van der Waals surface area contributed by atoms with Crippen molar-refractivity contribution >= 4 is 24.7 Å². The molecule has 3 unspecified atom stereocenters. The van der Waals surface area contributed by atoms with Crippen molar-refractivity contribution in [3.05, 3.63) is 28.8 Å². The van der Waals surface area contributed by atoms with Gasteiger partial charge in [0, 0.05) is 0 Å². The lowest BCUT2D eigenvalue weighted by atomic mass is 9.43. The van der Waals surface area contributed by atoms with Crippen LogP contribution in [0.3, 0.4) is 0 Å². The Balaban J connectivity index is 1.52. The number of hydrogen-bond acceptors (Lipinski definition) is 5. The lowest BCUT2D eigenvalue weighted by Gasteiger charge is -2.64. The molecule has 0 aromatic heterocycles. The molecule has 2 bridgehead atoms. The molecule has 3 saturated carbocycles. The predicted molar refractivity (Wildman–Crippen MR) is 126 cm³/mol. The second kappa shape index (κ2) is 7.92. The molecule has 7 heteroatoms. The number of carbonyl (C=O) groups excluding carboxylic acids is 1. The lowest BCUT2D eigenvalue weighted by Crippen LogP contribution is -2.65. The molecule has 5 rings (SSSR count). The van der Waals surface area contributed by atoms with Gasteiger partial charge in [-0.1, -0.05) is 19.9 Å². The van der Waals surface area contributed by atoms with E-state index in [1.807, 2.05) is 33.8 Å². The van der Waals surface area contributed by atoms with Gasteiger partial charge in [-0.2, -0.15) is 0 Å². The summed E-state index contributed by atoms with van der Waals surface area (Å²) in [4.78, 5) is 12.9. The largest absolute Gasteiger partial charge is 0.496 e. The molecule has 4 aliphatic rings. The molecule has 176 valence electrons. The van der Waals surface area contributed by atoms with Crippen molar-refractivity contribution in [2.75, 3.05) is 7.11 Å². The molecule has 3 aliphatic carbocycles. The van der Waals surface area contributed by atoms with E-state index < -0.39 is 18.7 Å². The molecule has 4 fully saturated rings. The van der Waals surface area contributed by atoms with E-state index in [4.69, 9.17) is 30.4 Å². The SMILES string of the molecule is COc1ccc(C[C@@H](Cl)B2OC3CC4CC(C4(C)C)[C@]3(C)O2)c(C)c1C(=O)OC(C)(C)C. The fraction of sp³-hybridized carbons (Fsp3) is 0.720. The summed E-state index contributed by atoms with van der Waals surface area (Å²) >= 11 is 6.87. The minimum Gasteiger partial charge on any atom is -0.496 e. The number of halogens is 1. The van der Waals surface area contributed by atoms with Gasteiger partial charge in [-0.15, -0.1) is 11.6 Å². The number of hydrogen-bond donors (Lipinski definition) is 0. The summed E-state index contributed by atoms with van der Waals surface area (Å²) in [6.07, 6.45) is 2.86. The van der Waals surface area contributed by atoms with Crippen LogP contribution in [0.1, 0.15) is 75.9 Å². The van der Waals surface area contributed by atoms with Crippen LogP contribution in [0, 0.1) is 24.2 Å². The zero-order valence-corrected chi connectivity index (χ0v) is 21.3. The first-order chi connectivity index (χ1) is 14.8. The van der Waals surface area contributed by atoms with Crippen molar-refractivity contribution in [2.24, 2.45) is 17.3 Å². The highest BCUT2D eigenvalue weighted by atomic mass is 35.5. The third-order valence-corrected chi connectivity index (χ3v) is 8.40. The topological polar surface area (TPSA) is 54.0 Å². The van der Waals surface area contributed by atoms with Crippen molar-refractivity contribution < 1.29 is 23.6 Å². The van der Waals surface area contributed by atoms with Gasteiger partial charge in [-0.25, -0.2) is 4.79 Å². The van der Waals surface area contributed by atoms with Crippen LogP contribution in [0.15, 0.2) is 12.1 Å². The number of benzene rings is 1. The van der Waals surface area contributed by atoms with Crippen LogP contribution >= 0.6 is 11.6 Å². The molecule has 1 aliphatic heterocycles. The molecular formula is C25H36BClO5. The smallest absolute Gasteiger partial charge is 0.477 e. The zero-order valence-electron chi connectivity index (χ0n) is 20.6. The third-order valence-electron chi connectivity index (χ3n) is 8.04. The molecule has 0 N–H and O–H groups in total. The number of methoxy groups -OCH3 is 1. The first-order valence-electron chi connectivity index (χ1n) is 11.6. The summed E-state index contributed by atoms with van der Waals surface area (Å²) in [7, 11) is 1.09. The van der Waals surface area contributed by atoms with E-state index in [2.05, 4.69) is 20.8 Å². The minimum absolute atomic E-state index is 0.0970. The lowest BCUT2D eigenvalue weighted by molar-refractivity contribution is -0.199. The van der Waals surface area contributed by atoms with Crippen LogP contribution in [0.25, 0.3) is 0 Å². The normalized spacial score (nSPS) is 31.5. The highest BCUT2D eigenvalue weighted by Gasteiger charge is 2.68.